The number of ether oxygens (including phenoxy) is 1. The van der Waals surface area contributed by atoms with Gasteiger partial charge in [0.15, 0.2) is 0 Å². The predicted molar refractivity (Wildman–Crippen MR) is 60.6 cm³/mol. The average Bonchev–Trinajstić information content (AvgIpc) is 2.18. The molecule has 0 radical (unpaired) electrons. The van der Waals surface area contributed by atoms with Gasteiger partial charge in [0, 0.05) is 6.42 Å². The smallest absolute Gasteiger partial charge is 0.306 e. The Morgan fingerprint density at radius 3 is 2.67 bits per heavy atom. The summed E-state index contributed by atoms with van der Waals surface area (Å²) in [4.78, 5) is 11.3. The molecule has 1 aromatic carbocycles. The summed E-state index contributed by atoms with van der Waals surface area (Å²) in [6, 6.07) is 7.98. The van der Waals surface area contributed by atoms with Gasteiger partial charge in [-0.05, 0) is 31.4 Å². The van der Waals surface area contributed by atoms with Crippen molar-refractivity contribution in [2.24, 2.45) is 0 Å². The third kappa shape index (κ3) is 3.39. The minimum absolute atomic E-state index is 0.117. The van der Waals surface area contributed by atoms with Crippen LogP contribution in [0.2, 0.25) is 0 Å². The highest BCUT2D eigenvalue weighted by atomic mass is 16.5. The molecule has 0 spiro atoms. The first-order valence-electron chi connectivity index (χ1n) is 5.40. The second-order valence-electron chi connectivity index (χ2n) is 3.74. The first kappa shape index (κ1) is 11.8. The van der Waals surface area contributed by atoms with E-state index >= 15 is 0 Å². The number of rotatable bonds is 4. The summed E-state index contributed by atoms with van der Waals surface area (Å²) >= 11 is 0. The molecule has 15 heavy (non-hydrogen) atoms. The topological polar surface area (TPSA) is 26.3 Å². The van der Waals surface area contributed by atoms with E-state index in [0.717, 1.165) is 17.5 Å². The molecule has 1 unspecified atom stereocenters. The van der Waals surface area contributed by atoms with Crippen LogP contribution in [-0.4, -0.2) is 5.97 Å². The largest absolute Gasteiger partial charge is 0.458 e. The van der Waals surface area contributed by atoms with Crippen molar-refractivity contribution in [2.45, 2.75) is 39.7 Å². The van der Waals surface area contributed by atoms with E-state index in [-0.39, 0.29) is 12.1 Å². The minimum Gasteiger partial charge on any atom is -0.458 e. The number of benzene rings is 1. The first-order chi connectivity index (χ1) is 7.15. The van der Waals surface area contributed by atoms with Gasteiger partial charge in [-0.1, -0.05) is 31.2 Å². The van der Waals surface area contributed by atoms with E-state index < -0.39 is 0 Å². The summed E-state index contributed by atoms with van der Waals surface area (Å²) in [6.45, 7) is 5.91. The van der Waals surface area contributed by atoms with E-state index in [1.807, 2.05) is 45.0 Å². The molecule has 2 nitrogen and oxygen atoms in total. The van der Waals surface area contributed by atoms with E-state index in [0.29, 0.717) is 6.42 Å². The Labute approximate surface area is 91.3 Å². The summed E-state index contributed by atoms with van der Waals surface area (Å²) in [5.41, 5.74) is 2.25. The van der Waals surface area contributed by atoms with Crippen LogP contribution in [0.1, 0.15) is 43.9 Å². The summed E-state index contributed by atoms with van der Waals surface area (Å²) in [6.07, 6.45) is 1.18. The zero-order valence-corrected chi connectivity index (χ0v) is 9.62. The summed E-state index contributed by atoms with van der Waals surface area (Å²) in [5.74, 6) is -0.117. The molecule has 2 heteroatoms. The summed E-state index contributed by atoms with van der Waals surface area (Å²) < 4.78 is 5.32. The van der Waals surface area contributed by atoms with Crippen molar-refractivity contribution < 1.29 is 9.53 Å². The fourth-order valence-corrected chi connectivity index (χ4v) is 1.57. The van der Waals surface area contributed by atoms with Gasteiger partial charge < -0.3 is 4.74 Å². The summed E-state index contributed by atoms with van der Waals surface area (Å²) in [7, 11) is 0. The highest BCUT2D eigenvalue weighted by Crippen LogP contribution is 2.20. The summed E-state index contributed by atoms with van der Waals surface area (Å²) in [5, 5.41) is 0. The zero-order valence-electron chi connectivity index (χ0n) is 9.62. The number of carbonyl (C=O) groups is 1. The van der Waals surface area contributed by atoms with Gasteiger partial charge in [0.1, 0.15) is 6.10 Å². The maximum Gasteiger partial charge on any atom is 0.306 e. The standard InChI is InChI=1S/C13H18O2/c1-4-7-13(14)15-11(3)12-9-6-5-8-10(12)2/h5-6,8-9,11H,4,7H2,1-3H3. The first-order valence-corrected chi connectivity index (χ1v) is 5.40. The van der Waals surface area contributed by atoms with E-state index in [2.05, 4.69) is 0 Å². The highest BCUT2D eigenvalue weighted by Gasteiger charge is 2.12. The molecule has 1 aromatic rings. The fourth-order valence-electron chi connectivity index (χ4n) is 1.57. The Morgan fingerprint density at radius 2 is 2.07 bits per heavy atom. The lowest BCUT2D eigenvalue weighted by atomic mass is 10.0. The number of esters is 1. The molecule has 1 atom stereocenters. The van der Waals surface area contributed by atoms with E-state index in [9.17, 15) is 4.79 Å². The van der Waals surface area contributed by atoms with Gasteiger partial charge in [-0.3, -0.25) is 4.79 Å². The van der Waals surface area contributed by atoms with Crippen molar-refractivity contribution in [2.75, 3.05) is 0 Å². The Morgan fingerprint density at radius 1 is 1.40 bits per heavy atom. The maximum absolute atomic E-state index is 11.3. The molecule has 0 fully saturated rings. The lowest BCUT2D eigenvalue weighted by molar-refractivity contribution is -0.148. The van der Waals surface area contributed by atoms with E-state index in [4.69, 9.17) is 4.74 Å². The Bertz CT molecular complexity index is 331. The Hall–Kier alpha value is -1.31. The molecule has 0 amide bonds. The monoisotopic (exact) mass is 206 g/mol. The van der Waals surface area contributed by atoms with Crippen LogP contribution in [0.25, 0.3) is 0 Å². The van der Waals surface area contributed by atoms with Crippen LogP contribution in [0.15, 0.2) is 24.3 Å². The molecule has 0 N–H and O–H groups in total. The van der Waals surface area contributed by atoms with Crippen molar-refractivity contribution in [3.63, 3.8) is 0 Å². The molecule has 0 aromatic heterocycles. The second kappa shape index (κ2) is 5.54. The van der Waals surface area contributed by atoms with Gasteiger partial charge in [0.2, 0.25) is 0 Å². The molecule has 0 aliphatic heterocycles. The third-order valence-corrected chi connectivity index (χ3v) is 2.39. The van der Waals surface area contributed by atoms with Gasteiger partial charge in [-0.25, -0.2) is 0 Å². The predicted octanol–water partition coefficient (Wildman–Crippen LogP) is 3.40. The molecule has 0 aliphatic carbocycles. The Kier molecular flexibility index (Phi) is 4.35. The maximum atomic E-state index is 11.3. The van der Waals surface area contributed by atoms with Crippen molar-refractivity contribution in [3.05, 3.63) is 35.4 Å². The minimum atomic E-state index is -0.148. The molecule has 0 saturated heterocycles. The van der Waals surface area contributed by atoms with Crippen LogP contribution in [0.4, 0.5) is 0 Å². The molecule has 0 bridgehead atoms. The molecule has 82 valence electrons. The van der Waals surface area contributed by atoms with Gasteiger partial charge in [-0.2, -0.15) is 0 Å². The third-order valence-electron chi connectivity index (χ3n) is 2.39. The zero-order chi connectivity index (χ0) is 11.3. The average molecular weight is 206 g/mol. The Balaban J connectivity index is 2.65. The molecule has 0 saturated carbocycles. The second-order valence-corrected chi connectivity index (χ2v) is 3.74. The van der Waals surface area contributed by atoms with Gasteiger partial charge in [-0.15, -0.1) is 0 Å². The van der Waals surface area contributed by atoms with Gasteiger partial charge in [0.05, 0.1) is 0 Å². The molecule has 0 aliphatic rings. The van der Waals surface area contributed by atoms with Gasteiger partial charge in [0.25, 0.3) is 0 Å². The van der Waals surface area contributed by atoms with Crippen molar-refractivity contribution in [1.82, 2.24) is 0 Å². The van der Waals surface area contributed by atoms with Crippen LogP contribution in [0.3, 0.4) is 0 Å². The van der Waals surface area contributed by atoms with Crippen LogP contribution in [0, 0.1) is 6.92 Å². The molecule has 1 rings (SSSR count). The highest BCUT2D eigenvalue weighted by molar-refractivity contribution is 5.69. The SMILES string of the molecule is CCCC(=O)OC(C)c1ccccc1C. The lowest BCUT2D eigenvalue weighted by Crippen LogP contribution is -2.09. The number of hydrogen-bond acceptors (Lipinski definition) is 2. The van der Waals surface area contributed by atoms with Crippen LogP contribution in [-0.2, 0) is 9.53 Å². The van der Waals surface area contributed by atoms with Gasteiger partial charge >= 0.3 is 5.97 Å². The van der Waals surface area contributed by atoms with Crippen LogP contribution < -0.4 is 0 Å². The number of hydrogen-bond donors (Lipinski definition) is 0. The van der Waals surface area contributed by atoms with Crippen molar-refractivity contribution >= 4 is 5.97 Å². The van der Waals surface area contributed by atoms with Crippen LogP contribution >= 0.6 is 0 Å². The van der Waals surface area contributed by atoms with E-state index in [1.165, 1.54) is 0 Å². The van der Waals surface area contributed by atoms with E-state index in [1.54, 1.807) is 0 Å². The van der Waals surface area contributed by atoms with Crippen LogP contribution in [0.5, 0.6) is 0 Å². The number of aryl methyl sites for hydroxylation is 1. The van der Waals surface area contributed by atoms with Crippen molar-refractivity contribution in [3.8, 4) is 0 Å². The molecular formula is C13H18O2. The quantitative estimate of drug-likeness (QED) is 0.706. The fraction of sp³-hybridized carbons (Fsp3) is 0.462. The molecular weight excluding hydrogens is 188 g/mol. The molecule has 0 heterocycles. The lowest BCUT2D eigenvalue weighted by Gasteiger charge is -2.15. The number of carbonyl (C=O) groups excluding carboxylic acids is 1. The van der Waals surface area contributed by atoms with Crippen molar-refractivity contribution in [1.29, 1.82) is 0 Å². The normalized spacial score (nSPS) is 12.2.